The molecule has 1 heterocycles. The number of hydrogen-bond acceptors (Lipinski definition) is 2. The second-order valence-electron chi connectivity index (χ2n) is 3.80. The predicted molar refractivity (Wildman–Crippen MR) is 68.1 cm³/mol. The zero-order valence-electron chi connectivity index (χ0n) is 9.77. The number of aldehydes is 1. The molecule has 0 aliphatic heterocycles. The Kier molecular flexibility index (Phi) is 3.29. The summed E-state index contributed by atoms with van der Waals surface area (Å²) in [4.78, 5) is 10.9. The second-order valence-corrected chi connectivity index (χ2v) is 4.16. The van der Waals surface area contributed by atoms with Crippen LogP contribution in [0.1, 0.15) is 28.5 Å². The van der Waals surface area contributed by atoms with Gasteiger partial charge in [0.1, 0.15) is 5.15 Å². The maximum atomic E-state index is 10.9. The maximum Gasteiger partial charge on any atom is 0.155 e. The van der Waals surface area contributed by atoms with Crippen molar-refractivity contribution < 1.29 is 4.79 Å². The summed E-state index contributed by atoms with van der Waals surface area (Å²) in [6.07, 6.45) is 1.64. The van der Waals surface area contributed by atoms with Gasteiger partial charge in [-0.15, -0.1) is 0 Å². The molecule has 0 fully saturated rings. The van der Waals surface area contributed by atoms with E-state index in [1.54, 1.807) is 11.6 Å². The number of benzene rings is 1. The molecule has 0 N–H and O–H groups in total. The van der Waals surface area contributed by atoms with Crippen LogP contribution in [0.5, 0.6) is 0 Å². The highest BCUT2D eigenvalue weighted by atomic mass is 35.5. The van der Waals surface area contributed by atoms with Gasteiger partial charge in [0.25, 0.3) is 0 Å². The van der Waals surface area contributed by atoms with E-state index in [1.165, 1.54) is 0 Å². The smallest absolute Gasteiger partial charge is 0.155 e. The third-order valence-corrected chi connectivity index (χ3v) is 3.13. The van der Waals surface area contributed by atoms with Gasteiger partial charge in [0.15, 0.2) is 6.29 Å². The first-order valence-electron chi connectivity index (χ1n) is 5.47. The number of halogens is 1. The molecule has 0 aliphatic carbocycles. The molecule has 0 atom stereocenters. The van der Waals surface area contributed by atoms with Crippen molar-refractivity contribution in [3.05, 3.63) is 46.2 Å². The van der Waals surface area contributed by atoms with E-state index in [1.807, 2.05) is 24.3 Å². The minimum atomic E-state index is 0.374. The van der Waals surface area contributed by atoms with Crippen LogP contribution in [-0.4, -0.2) is 16.1 Å². The molecule has 2 rings (SSSR count). The third kappa shape index (κ3) is 1.98. The van der Waals surface area contributed by atoms with Crippen LogP contribution in [0.25, 0.3) is 5.69 Å². The van der Waals surface area contributed by atoms with E-state index in [2.05, 4.69) is 12.0 Å². The van der Waals surface area contributed by atoms with Crippen LogP contribution in [0.3, 0.4) is 0 Å². The first-order chi connectivity index (χ1) is 8.19. The molecule has 3 nitrogen and oxygen atoms in total. The van der Waals surface area contributed by atoms with Gasteiger partial charge in [-0.2, -0.15) is 5.10 Å². The van der Waals surface area contributed by atoms with Gasteiger partial charge in [-0.05, 0) is 25.0 Å². The van der Waals surface area contributed by atoms with Gasteiger partial charge < -0.3 is 0 Å². The lowest BCUT2D eigenvalue weighted by Crippen LogP contribution is -2.01. The van der Waals surface area contributed by atoms with Crippen LogP contribution in [0, 0.1) is 6.92 Å². The van der Waals surface area contributed by atoms with Gasteiger partial charge >= 0.3 is 0 Å². The molecule has 0 unspecified atom stereocenters. The van der Waals surface area contributed by atoms with Crippen LogP contribution < -0.4 is 0 Å². The van der Waals surface area contributed by atoms with Crippen LogP contribution in [-0.2, 0) is 6.42 Å². The van der Waals surface area contributed by atoms with Crippen molar-refractivity contribution in [3.8, 4) is 5.69 Å². The molecular formula is C13H13ClN2O. The van der Waals surface area contributed by atoms with Crippen molar-refractivity contribution in [3.63, 3.8) is 0 Å². The summed E-state index contributed by atoms with van der Waals surface area (Å²) in [6.45, 7) is 3.85. The molecule has 0 bridgehead atoms. The van der Waals surface area contributed by atoms with Gasteiger partial charge in [0, 0.05) is 0 Å². The number of aryl methyl sites for hydroxylation is 2. The Labute approximate surface area is 105 Å². The molecule has 0 aliphatic rings. The van der Waals surface area contributed by atoms with E-state index in [-0.39, 0.29) is 0 Å². The number of rotatable bonds is 3. The highest BCUT2D eigenvalue weighted by molar-refractivity contribution is 6.32. The third-order valence-electron chi connectivity index (χ3n) is 2.77. The zero-order chi connectivity index (χ0) is 12.4. The minimum Gasteiger partial charge on any atom is -0.298 e. The Morgan fingerprint density at radius 1 is 1.41 bits per heavy atom. The van der Waals surface area contributed by atoms with Crippen molar-refractivity contribution >= 4 is 17.9 Å². The molecule has 0 amide bonds. The lowest BCUT2D eigenvalue weighted by molar-refractivity contribution is 0.112. The van der Waals surface area contributed by atoms with Crippen molar-refractivity contribution in [2.24, 2.45) is 0 Å². The van der Waals surface area contributed by atoms with E-state index in [4.69, 9.17) is 11.6 Å². The molecule has 88 valence electrons. The van der Waals surface area contributed by atoms with Gasteiger partial charge in [0.05, 0.1) is 16.9 Å². The maximum absolute atomic E-state index is 10.9. The highest BCUT2D eigenvalue weighted by Crippen LogP contribution is 2.24. The summed E-state index contributed by atoms with van der Waals surface area (Å²) < 4.78 is 1.62. The van der Waals surface area contributed by atoms with E-state index in [0.717, 1.165) is 24.0 Å². The van der Waals surface area contributed by atoms with Gasteiger partial charge in [-0.1, -0.05) is 36.7 Å². The average Bonchev–Trinajstić information content (AvgIpc) is 2.64. The Morgan fingerprint density at radius 3 is 2.71 bits per heavy atom. The SMILES string of the molecule is CCc1ccccc1-n1nc(C)c(C=O)c1Cl. The number of hydrogen-bond donors (Lipinski definition) is 0. The Bertz CT molecular complexity index is 561. The molecule has 1 aromatic heterocycles. The van der Waals surface area contributed by atoms with Crippen LogP contribution >= 0.6 is 11.6 Å². The highest BCUT2D eigenvalue weighted by Gasteiger charge is 2.15. The number of carbonyl (C=O) groups is 1. The molecule has 17 heavy (non-hydrogen) atoms. The van der Waals surface area contributed by atoms with Crippen LogP contribution in [0.15, 0.2) is 24.3 Å². The van der Waals surface area contributed by atoms with E-state index < -0.39 is 0 Å². The Morgan fingerprint density at radius 2 is 2.12 bits per heavy atom. The quantitative estimate of drug-likeness (QED) is 0.782. The van der Waals surface area contributed by atoms with Gasteiger partial charge in [-0.25, -0.2) is 4.68 Å². The first kappa shape index (κ1) is 11.9. The number of nitrogens with zero attached hydrogens (tertiary/aromatic N) is 2. The summed E-state index contributed by atoms with van der Waals surface area (Å²) in [5.74, 6) is 0. The van der Waals surface area contributed by atoms with Crippen molar-refractivity contribution in [1.29, 1.82) is 0 Å². The molecule has 0 radical (unpaired) electrons. The van der Waals surface area contributed by atoms with Crippen molar-refractivity contribution in [1.82, 2.24) is 9.78 Å². The summed E-state index contributed by atoms with van der Waals surface area (Å²) in [6, 6.07) is 7.89. The van der Waals surface area contributed by atoms with E-state index in [9.17, 15) is 4.79 Å². The summed E-state index contributed by atoms with van der Waals surface area (Å²) in [5.41, 5.74) is 3.18. The normalized spacial score (nSPS) is 10.5. The summed E-state index contributed by atoms with van der Waals surface area (Å²) >= 11 is 6.16. The van der Waals surface area contributed by atoms with E-state index >= 15 is 0 Å². The molecule has 0 saturated carbocycles. The van der Waals surface area contributed by atoms with Crippen molar-refractivity contribution in [2.45, 2.75) is 20.3 Å². The summed E-state index contributed by atoms with van der Waals surface area (Å²) in [5, 5.41) is 4.69. The molecular weight excluding hydrogens is 236 g/mol. The molecule has 0 spiro atoms. The fraction of sp³-hybridized carbons (Fsp3) is 0.231. The molecule has 4 heteroatoms. The van der Waals surface area contributed by atoms with Crippen LogP contribution in [0.2, 0.25) is 5.15 Å². The van der Waals surface area contributed by atoms with Gasteiger partial charge in [0.2, 0.25) is 0 Å². The average molecular weight is 249 g/mol. The predicted octanol–water partition coefficient (Wildman–Crippen LogP) is 3.21. The fourth-order valence-electron chi connectivity index (χ4n) is 1.82. The fourth-order valence-corrected chi connectivity index (χ4v) is 2.13. The Hall–Kier alpha value is -1.61. The molecule has 0 saturated heterocycles. The second kappa shape index (κ2) is 4.72. The van der Waals surface area contributed by atoms with Crippen LogP contribution in [0.4, 0.5) is 0 Å². The first-order valence-corrected chi connectivity index (χ1v) is 5.85. The number of para-hydroxylation sites is 1. The lowest BCUT2D eigenvalue weighted by Gasteiger charge is -2.08. The van der Waals surface area contributed by atoms with Crippen molar-refractivity contribution in [2.75, 3.05) is 0 Å². The largest absolute Gasteiger partial charge is 0.298 e. The summed E-state index contributed by atoms with van der Waals surface area (Å²) in [7, 11) is 0. The van der Waals surface area contributed by atoms with Gasteiger partial charge in [-0.3, -0.25) is 4.79 Å². The lowest BCUT2D eigenvalue weighted by atomic mass is 10.1. The molecule has 2 aromatic rings. The molecule has 1 aromatic carbocycles. The number of carbonyl (C=O) groups excluding carboxylic acids is 1. The minimum absolute atomic E-state index is 0.374. The zero-order valence-corrected chi connectivity index (χ0v) is 10.5. The monoisotopic (exact) mass is 248 g/mol. The standard InChI is InChI=1S/C13H13ClN2O/c1-3-10-6-4-5-7-12(10)16-13(14)11(8-17)9(2)15-16/h4-8H,3H2,1-2H3. The topological polar surface area (TPSA) is 34.9 Å². The number of aromatic nitrogens is 2. The Balaban J connectivity index is 2.64. The van der Waals surface area contributed by atoms with E-state index in [0.29, 0.717) is 16.4 Å².